The molecule has 0 aliphatic carbocycles. The Balaban J connectivity index is 1.67. The molecule has 0 saturated heterocycles. The maximum atomic E-state index is 12.8. The van der Waals surface area contributed by atoms with Gasteiger partial charge in [-0.05, 0) is 29.8 Å². The molecular formula is C24H25NO5. The van der Waals surface area contributed by atoms with E-state index in [-0.39, 0.29) is 5.91 Å². The van der Waals surface area contributed by atoms with E-state index >= 15 is 0 Å². The molecule has 3 aromatic carbocycles. The molecule has 0 bridgehead atoms. The SMILES string of the molecule is COc1cc(C(=O)Nc2cccc(OCCc3ccccc3)c2)cc(OC)c1OC. The lowest BCUT2D eigenvalue weighted by atomic mass is 10.1. The van der Waals surface area contributed by atoms with Crippen LogP contribution in [0.1, 0.15) is 15.9 Å². The van der Waals surface area contributed by atoms with Crippen molar-refractivity contribution in [2.75, 3.05) is 33.3 Å². The molecule has 30 heavy (non-hydrogen) atoms. The molecule has 0 atom stereocenters. The molecule has 3 aromatic rings. The summed E-state index contributed by atoms with van der Waals surface area (Å²) in [5, 5.41) is 2.88. The Bertz CT molecular complexity index is 963. The Labute approximate surface area is 176 Å². The number of nitrogens with one attached hydrogen (secondary N) is 1. The van der Waals surface area contributed by atoms with Crippen molar-refractivity contribution in [3.63, 3.8) is 0 Å². The Hall–Kier alpha value is -3.67. The predicted molar refractivity (Wildman–Crippen MR) is 116 cm³/mol. The number of hydrogen-bond donors (Lipinski definition) is 1. The van der Waals surface area contributed by atoms with E-state index in [4.69, 9.17) is 18.9 Å². The molecule has 0 heterocycles. The number of hydrogen-bond acceptors (Lipinski definition) is 5. The zero-order valence-corrected chi connectivity index (χ0v) is 17.3. The van der Waals surface area contributed by atoms with Crippen LogP contribution in [0.2, 0.25) is 0 Å². The number of methoxy groups -OCH3 is 3. The van der Waals surface area contributed by atoms with Gasteiger partial charge < -0.3 is 24.3 Å². The van der Waals surface area contributed by atoms with Gasteiger partial charge in [0.15, 0.2) is 11.5 Å². The molecule has 6 heteroatoms. The summed E-state index contributed by atoms with van der Waals surface area (Å²) in [5.74, 6) is 1.66. The number of amides is 1. The zero-order valence-electron chi connectivity index (χ0n) is 17.3. The molecule has 3 rings (SSSR count). The van der Waals surface area contributed by atoms with Crippen LogP contribution in [0, 0.1) is 0 Å². The third kappa shape index (κ3) is 5.23. The van der Waals surface area contributed by atoms with Crippen molar-refractivity contribution < 1.29 is 23.7 Å². The minimum absolute atomic E-state index is 0.296. The standard InChI is InChI=1S/C24H25NO5/c1-27-21-14-18(15-22(28-2)23(21)29-3)24(26)25-19-10-7-11-20(16-19)30-13-12-17-8-5-4-6-9-17/h4-11,14-16H,12-13H2,1-3H3,(H,25,26). The summed E-state index contributed by atoms with van der Waals surface area (Å²) in [4.78, 5) is 12.8. The normalized spacial score (nSPS) is 10.2. The molecule has 156 valence electrons. The molecule has 0 aliphatic rings. The van der Waals surface area contributed by atoms with Gasteiger partial charge in [-0.1, -0.05) is 36.4 Å². The van der Waals surface area contributed by atoms with Crippen molar-refractivity contribution in [3.8, 4) is 23.0 Å². The second-order valence-electron chi connectivity index (χ2n) is 6.48. The van der Waals surface area contributed by atoms with Crippen LogP contribution in [0.3, 0.4) is 0 Å². The van der Waals surface area contributed by atoms with Crippen LogP contribution in [0.25, 0.3) is 0 Å². The highest BCUT2D eigenvalue weighted by molar-refractivity contribution is 6.05. The Morgan fingerprint density at radius 2 is 1.53 bits per heavy atom. The van der Waals surface area contributed by atoms with Crippen LogP contribution in [0.4, 0.5) is 5.69 Å². The highest BCUT2D eigenvalue weighted by Crippen LogP contribution is 2.38. The first kappa shape index (κ1) is 21.0. The highest BCUT2D eigenvalue weighted by atomic mass is 16.5. The summed E-state index contributed by atoms with van der Waals surface area (Å²) in [6, 6.07) is 20.7. The number of carbonyl (C=O) groups excluding carboxylic acids is 1. The Morgan fingerprint density at radius 1 is 0.833 bits per heavy atom. The minimum atomic E-state index is -0.296. The number of ether oxygens (including phenoxy) is 4. The van der Waals surface area contributed by atoms with Crippen molar-refractivity contribution >= 4 is 11.6 Å². The third-order valence-corrected chi connectivity index (χ3v) is 4.52. The maximum absolute atomic E-state index is 12.8. The number of rotatable bonds is 9. The molecule has 1 amide bonds. The van der Waals surface area contributed by atoms with Gasteiger partial charge >= 0.3 is 0 Å². The first-order chi connectivity index (χ1) is 14.6. The zero-order chi connectivity index (χ0) is 21.3. The quantitative estimate of drug-likeness (QED) is 0.562. The molecule has 0 saturated carbocycles. The van der Waals surface area contributed by atoms with Gasteiger partial charge in [-0.2, -0.15) is 0 Å². The number of benzene rings is 3. The topological polar surface area (TPSA) is 66.0 Å². The monoisotopic (exact) mass is 407 g/mol. The van der Waals surface area contributed by atoms with Crippen molar-refractivity contribution in [2.24, 2.45) is 0 Å². The van der Waals surface area contributed by atoms with E-state index in [0.717, 1.165) is 6.42 Å². The molecule has 0 spiro atoms. The summed E-state index contributed by atoms with van der Waals surface area (Å²) in [7, 11) is 4.54. The predicted octanol–water partition coefficient (Wildman–Crippen LogP) is 4.59. The van der Waals surface area contributed by atoms with Crippen LogP contribution in [0.5, 0.6) is 23.0 Å². The summed E-state index contributed by atoms with van der Waals surface area (Å²) < 4.78 is 21.8. The second-order valence-corrected chi connectivity index (χ2v) is 6.48. The van der Waals surface area contributed by atoms with Crippen LogP contribution in [-0.2, 0) is 6.42 Å². The van der Waals surface area contributed by atoms with Crippen molar-refractivity contribution in [1.29, 1.82) is 0 Å². The molecule has 0 aliphatic heterocycles. The average Bonchev–Trinajstić information content (AvgIpc) is 2.79. The molecule has 0 fully saturated rings. The van der Waals surface area contributed by atoms with Gasteiger partial charge in [0.2, 0.25) is 5.75 Å². The van der Waals surface area contributed by atoms with Gasteiger partial charge in [0.05, 0.1) is 27.9 Å². The van der Waals surface area contributed by atoms with Gasteiger partial charge in [0.25, 0.3) is 5.91 Å². The van der Waals surface area contributed by atoms with Gasteiger partial charge in [-0.15, -0.1) is 0 Å². The Kier molecular flexibility index (Phi) is 7.16. The van der Waals surface area contributed by atoms with Gasteiger partial charge in [0.1, 0.15) is 5.75 Å². The summed E-state index contributed by atoms with van der Waals surface area (Å²) in [6.07, 6.45) is 0.808. The van der Waals surface area contributed by atoms with E-state index in [2.05, 4.69) is 17.4 Å². The lowest BCUT2D eigenvalue weighted by Crippen LogP contribution is -2.13. The van der Waals surface area contributed by atoms with E-state index in [1.807, 2.05) is 30.3 Å². The maximum Gasteiger partial charge on any atom is 0.255 e. The largest absolute Gasteiger partial charge is 0.493 e. The molecule has 0 aromatic heterocycles. The minimum Gasteiger partial charge on any atom is -0.493 e. The summed E-state index contributed by atoms with van der Waals surface area (Å²) >= 11 is 0. The fourth-order valence-corrected chi connectivity index (χ4v) is 3.01. The molecule has 6 nitrogen and oxygen atoms in total. The molecule has 1 N–H and O–H groups in total. The van der Waals surface area contributed by atoms with Crippen molar-refractivity contribution in [1.82, 2.24) is 0 Å². The van der Waals surface area contributed by atoms with Crippen molar-refractivity contribution in [2.45, 2.75) is 6.42 Å². The lowest BCUT2D eigenvalue weighted by molar-refractivity contribution is 0.102. The number of anilines is 1. The van der Waals surface area contributed by atoms with E-state index in [9.17, 15) is 4.79 Å². The molecule has 0 radical (unpaired) electrons. The first-order valence-electron chi connectivity index (χ1n) is 9.52. The highest BCUT2D eigenvalue weighted by Gasteiger charge is 2.17. The van der Waals surface area contributed by atoms with Crippen LogP contribution < -0.4 is 24.3 Å². The fourth-order valence-electron chi connectivity index (χ4n) is 3.01. The summed E-state index contributed by atoms with van der Waals surface area (Å²) in [5.41, 5.74) is 2.23. The third-order valence-electron chi connectivity index (χ3n) is 4.52. The smallest absolute Gasteiger partial charge is 0.255 e. The van der Waals surface area contributed by atoms with Gasteiger partial charge in [-0.25, -0.2) is 0 Å². The van der Waals surface area contributed by atoms with Crippen LogP contribution in [0.15, 0.2) is 66.7 Å². The van der Waals surface area contributed by atoms with E-state index in [1.165, 1.54) is 26.9 Å². The average molecular weight is 407 g/mol. The van der Waals surface area contributed by atoms with Crippen LogP contribution in [-0.4, -0.2) is 33.8 Å². The molecule has 0 unspecified atom stereocenters. The van der Waals surface area contributed by atoms with Crippen molar-refractivity contribution in [3.05, 3.63) is 77.9 Å². The molecular weight excluding hydrogens is 382 g/mol. The van der Waals surface area contributed by atoms with E-state index in [0.29, 0.717) is 40.9 Å². The summed E-state index contributed by atoms with van der Waals surface area (Å²) in [6.45, 7) is 0.550. The van der Waals surface area contributed by atoms with E-state index < -0.39 is 0 Å². The fraction of sp³-hybridized carbons (Fsp3) is 0.208. The second kappa shape index (κ2) is 10.2. The van der Waals surface area contributed by atoms with Crippen LogP contribution >= 0.6 is 0 Å². The lowest BCUT2D eigenvalue weighted by Gasteiger charge is -2.14. The first-order valence-corrected chi connectivity index (χ1v) is 9.52. The van der Waals surface area contributed by atoms with Gasteiger partial charge in [-0.3, -0.25) is 4.79 Å². The Morgan fingerprint density at radius 3 is 2.17 bits per heavy atom. The van der Waals surface area contributed by atoms with E-state index in [1.54, 1.807) is 24.3 Å². The van der Waals surface area contributed by atoms with Gasteiger partial charge in [0, 0.05) is 23.7 Å². The number of carbonyl (C=O) groups is 1.